The number of methoxy groups -OCH3 is 1. The van der Waals surface area contributed by atoms with Crippen LogP contribution in [0, 0.1) is 0 Å². The van der Waals surface area contributed by atoms with E-state index in [0.717, 1.165) is 23.1 Å². The second-order valence-corrected chi connectivity index (χ2v) is 6.08. The lowest BCUT2D eigenvalue weighted by molar-refractivity contribution is 0.241. The van der Waals surface area contributed by atoms with Crippen LogP contribution in [0.25, 0.3) is 0 Å². The van der Waals surface area contributed by atoms with E-state index in [1.165, 1.54) is 11.1 Å². The second kappa shape index (κ2) is 9.20. The molecule has 0 saturated heterocycles. The quantitative estimate of drug-likeness (QED) is 0.776. The Labute approximate surface area is 145 Å². The van der Waals surface area contributed by atoms with Crippen LogP contribution in [-0.2, 0) is 12.8 Å². The summed E-state index contributed by atoms with van der Waals surface area (Å²) in [5.74, 6) is 0.840. The van der Waals surface area contributed by atoms with Gasteiger partial charge in [0, 0.05) is 17.6 Å². The molecule has 23 heavy (non-hydrogen) atoms. The van der Waals surface area contributed by atoms with Crippen molar-refractivity contribution in [1.29, 1.82) is 0 Å². The number of carbonyl (C=O) groups is 1. The van der Waals surface area contributed by atoms with Gasteiger partial charge in [-0.2, -0.15) is 0 Å². The van der Waals surface area contributed by atoms with Gasteiger partial charge >= 0.3 is 6.03 Å². The average molecular weight is 377 g/mol. The van der Waals surface area contributed by atoms with Crippen molar-refractivity contribution in [3.8, 4) is 5.75 Å². The summed E-state index contributed by atoms with van der Waals surface area (Å²) in [6.07, 6.45) is 1.61. The van der Waals surface area contributed by atoms with Crippen LogP contribution in [0.4, 0.5) is 4.79 Å². The van der Waals surface area contributed by atoms with Gasteiger partial charge in [-0.15, -0.1) is 0 Å². The van der Waals surface area contributed by atoms with Gasteiger partial charge in [0.15, 0.2) is 0 Å². The maximum Gasteiger partial charge on any atom is 0.314 e. The smallest absolute Gasteiger partial charge is 0.314 e. The van der Waals surface area contributed by atoms with E-state index in [1.54, 1.807) is 7.11 Å². The highest BCUT2D eigenvalue weighted by molar-refractivity contribution is 9.10. The van der Waals surface area contributed by atoms with E-state index in [1.807, 2.05) is 42.5 Å². The van der Waals surface area contributed by atoms with Gasteiger partial charge in [0.2, 0.25) is 0 Å². The molecule has 0 aliphatic carbocycles. The summed E-state index contributed by atoms with van der Waals surface area (Å²) in [7, 11) is 1.65. The highest BCUT2D eigenvalue weighted by Crippen LogP contribution is 2.12. The molecule has 122 valence electrons. The van der Waals surface area contributed by atoms with Crippen LogP contribution in [0.1, 0.15) is 11.1 Å². The monoisotopic (exact) mass is 376 g/mol. The number of halogens is 1. The van der Waals surface area contributed by atoms with Gasteiger partial charge < -0.3 is 15.4 Å². The minimum Gasteiger partial charge on any atom is -0.497 e. The number of ether oxygens (including phenoxy) is 1. The molecule has 0 aromatic heterocycles. The first kappa shape index (κ1) is 17.3. The minimum absolute atomic E-state index is 0.131. The van der Waals surface area contributed by atoms with Crippen LogP contribution in [-0.4, -0.2) is 26.2 Å². The van der Waals surface area contributed by atoms with Gasteiger partial charge in [-0.25, -0.2) is 4.79 Å². The summed E-state index contributed by atoms with van der Waals surface area (Å²) in [6, 6.07) is 15.8. The van der Waals surface area contributed by atoms with Gasteiger partial charge in [-0.1, -0.05) is 40.2 Å². The number of amides is 2. The van der Waals surface area contributed by atoms with E-state index in [2.05, 4.69) is 32.6 Å². The van der Waals surface area contributed by atoms with Gasteiger partial charge in [-0.05, 0) is 48.2 Å². The van der Waals surface area contributed by atoms with Gasteiger partial charge in [0.1, 0.15) is 5.75 Å². The molecule has 0 aliphatic heterocycles. The Morgan fingerprint density at radius 3 is 2.26 bits per heavy atom. The molecule has 0 radical (unpaired) electrons. The topological polar surface area (TPSA) is 50.4 Å². The molecule has 0 bridgehead atoms. The van der Waals surface area contributed by atoms with Crippen LogP contribution in [0.3, 0.4) is 0 Å². The maximum atomic E-state index is 11.7. The molecule has 0 heterocycles. The molecule has 0 atom stereocenters. The predicted octanol–water partition coefficient (Wildman–Crippen LogP) is 3.54. The zero-order valence-corrected chi connectivity index (χ0v) is 14.7. The number of benzene rings is 2. The van der Waals surface area contributed by atoms with Gasteiger partial charge in [0.25, 0.3) is 0 Å². The number of hydrogen-bond acceptors (Lipinski definition) is 2. The fourth-order valence-corrected chi connectivity index (χ4v) is 2.63. The Bertz CT molecular complexity index is 629. The third-order valence-corrected chi connectivity index (χ3v) is 3.94. The van der Waals surface area contributed by atoms with E-state index < -0.39 is 0 Å². The summed E-state index contributed by atoms with van der Waals surface area (Å²) >= 11 is 3.44. The van der Waals surface area contributed by atoms with Crippen molar-refractivity contribution < 1.29 is 9.53 Å². The third kappa shape index (κ3) is 6.32. The largest absolute Gasteiger partial charge is 0.497 e. The number of rotatable bonds is 7. The number of hydrogen-bond donors (Lipinski definition) is 2. The molecule has 0 fully saturated rings. The first-order valence-electron chi connectivity index (χ1n) is 7.56. The van der Waals surface area contributed by atoms with Crippen molar-refractivity contribution in [3.63, 3.8) is 0 Å². The Kier molecular flexibility index (Phi) is 6.94. The molecule has 2 N–H and O–H groups in total. The van der Waals surface area contributed by atoms with Crippen molar-refractivity contribution in [2.75, 3.05) is 20.2 Å². The molecule has 5 heteroatoms. The lowest BCUT2D eigenvalue weighted by atomic mass is 10.1. The van der Waals surface area contributed by atoms with E-state index in [4.69, 9.17) is 4.74 Å². The first-order valence-corrected chi connectivity index (χ1v) is 8.36. The minimum atomic E-state index is -0.131. The van der Waals surface area contributed by atoms with Crippen molar-refractivity contribution in [2.24, 2.45) is 0 Å². The van der Waals surface area contributed by atoms with Crippen molar-refractivity contribution >= 4 is 22.0 Å². The Morgan fingerprint density at radius 2 is 1.65 bits per heavy atom. The first-order chi connectivity index (χ1) is 11.2. The zero-order chi connectivity index (χ0) is 16.5. The highest BCUT2D eigenvalue weighted by atomic mass is 79.9. The fourth-order valence-electron chi connectivity index (χ4n) is 2.19. The van der Waals surface area contributed by atoms with Gasteiger partial charge in [0.05, 0.1) is 7.11 Å². The van der Waals surface area contributed by atoms with E-state index in [9.17, 15) is 4.79 Å². The SMILES string of the molecule is COc1ccc(CCNC(=O)NCCc2cccc(Br)c2)cc1. The van der Waals surface area contributed by atoms with E-state index in [-0.39, 0.29) is 6.03 Å². The van der Waals surface area contributed by atoms with Crippen LogP contribution in [0.15, 0.2) is 53.0 Å². The van der Waals surface area contributed by atoms with Crippen LogP contribution in [0.5, 0.6) is 5.75 Å². The second-order valence-electron chi connectivity index (χ2n) is 5.16. The standard InChI is InChI=1S/C18H21BrN2O2/c1-23-17-7-5-14(6-8-17)9-11-20-18(22)21-12-10-15-3-2-4-16(19)13-15/h2-8,13H,9-12H2,1H3,(H2,20,21,22). The van der Waals surface area contributed by atoms with Crippen LogP contribution >= 0.6 is 15.9 Å². The van der Waals surface area contributed by atoms with Crippen molar-refractivity contribution in [1.82, 2.24) is 10.6 Å². The summed E-state index contributed by atoms with van der Waals surface area (Å²) in [5.41, 5.74) is 2.36. The molecule has 2 aromatic carbocycles. The molecular formula is C18H21BrN2O2. The fraction of sp³-hybridized carbons (Fsp3) is 0.278. The van der Waals surface area contributed by atoms with E-state index >= 15 is 0 Å². The lowest BCUT2D eigenvalue weighted by Gasteiger charge is -2.08. The summed E-state index contributed by atoms with van der Waals surface area (Å²) < 4.78 is 6.17. The Morgan fingerprint density at radius 1 is 1.00 bits per heavy atom. The number of nitrogens with one attached hydrogen (secondary N) is 2. The average Bonchev–Trinajstić information content (AvgIpc) is 2.55. The van der Waals surface area contributed by atoms with Gasteiger partial charge in [-0.3, -0.25) is 0 Å². The molecule has 2 amide bonds. The van der Waals surface area contributed by atoms with Crippen molar-refractivity contribution in [2.45, 2.75) is 12.8 Å². The molecule has 2 rings (SSSR count). The Balaban J connectivity index is 1.63. The third-order valence-electron chi connectivity index (χ3n) is 3.45. The van der Waals surface area contributed by atoms with Crippen LogP contribution < -0.4 is 15.4 Å². The summed E-state index contributed by atoms with van der Waals surface area (Å²) in [5, 5.41) is 5.74. The van der Waals surface area contributed by atoms with Crippen molar-refractivity contribution in [3.05, 3.63) is 64.1 Å². The molecule has 0 aliphatic rings. The molecule has 4 nitrogen and oxygen atoms in total. The summed E-state index contributed by atoms with van der Waals surface area (Å²) in [6.45, 7) is 1.22. The zero-order valence-electron chi connectivity index (χ0n) is 13.1. The number of urea groups is 1. The highest BCUT2D eigenvalue weighted by Gasteiger charge is 2.01. The number of carbonyl (C=O) groups excluding carboxylic acids is 1. The Hall–Kier alpha value is -2.01. The van der Waals surface area contributed by atoms with E-state index in [0.29, 0.717) is 13.1 Å². The normalized spacial score (nSPS) is 10.2. The van der Waals surface area contributed by atoms with Crippen LogP contribution in [0.2, 0.25) is 0 Å². The molecule has 2 aromatic rings. The maximum absolute atomic E-state index is 11.7. The predicted molar refractivity (Wildman–Crippen MR) is 95.9 cm³/mol. The summed E-state index contributed by atoms with van der Waals surface area (Å²) in [4.78, 5) is 11.7. The molecule has 0 spiro atoms. The lowest BCUT2D eigenvalue weighted by Crippen LogP contribution is -2.37. The molecule has 0 saturated carbocycles. The molecule has 0 unspecified atom stereocenters. The molecular weight excluding hydrogens is 356 g/mol.